The Morgan fingerprint density at radius 2 is 1.52 bits per heavy atom. The first-order valence-corrected chi connectivity index (χ1v) is 13.7. The van der Waals surface area contributed by atoms with E-state index in [1.165, 1.54) is 62.8 Å². The molecule has 4 N–H and O–H groups in total. The second kappa shape index (κ2) is 11.7. The van der Waals surface area contributed by atoms with Gasteiger partial charge in [0.1, 0.15) is 47.1 Å². The Hall–Kier alpha value is -4.08. The second-order valence-corrected chi connectivity index (χ2v) is 10.6. The minimum absolute atomic E-state index is 0.00235. The van der Waals surface area contributed by atoms with Crippen LogP contribution in [0.25, 0.3) is 11.2 Å². The zero-order valence-corrected chi connectivity index (χ0v) is 23.0. The summed E-state index contributed by atoms with van der Waals surface area (Å²) in [5.41, 5.74) is 3.09. The van der Waals surface area contributed by atoms with Crippen LogP contribution >= 0.6 is 7.82 Å². The molecule has 2 aromatic heterocycles. The molecule has 1 aliphatic heterocycles. The normalized spacial score (nSPS) is 22.4. The molecule has 14 nitrogen and oxygen atoms in total. The van der Waals surface area contributed by atoms with Crippen molar-refractivity contribution in [3.63, 3.8) is 0 Å². The summed E-state index contributed by atoms with van der Waals surface area (Å²) in [6, 6.07) is 11.6. The molecule has 0 amide bonds. The van der Waals surface area contributed by atoms with Crippen LogP contribution in [0.5, 0.6) is 23.0 Å². The number of phosphoric ester groups is 1. The number of rotatable bonds is 11. The molecule has 17 heteroatoms. The summed E-state index contributed by atoms with van der Waals surface area (Å²) in [6.45, 7) is -1.23. The van der Waals surface area contributed by atoms with E-state index in [-0.39, 0.29) is 28.5 Å². The fraction of sp³-hybridized carbons (Fsp3) is 0.320. The van der Waals surface area contributed by atoms with Gasteiger partial charge >= 0.3 is 7.82 Å². The number of imidazole rings is 1. The van der Waals surface area contributed by atoms with Crippen molar-refractivity contribution in [3.05, 3.63) is 61.2 Å². The van der Waals surface area contributed by atoms with Crippen molar-refractivity contribution in [2.24, 2.45) is 0 Å². The van der Waals surface area contributed by atoms with E-state index in [0.717, 1.165) is 17.2 Å². The van der Waals surface area contributed by atoms with Crippen LogP contribution in [0.15, 0.2) is 61.2 Å². The summed E-state index contributed by atoms with van der Waals surface area (Å²) in [5.74, 6) is 0.917. The highest BCUT2D eigenvalue weighted by Gasteiger charge is 2.62. The molecule has 0 radical (unpaired) electrons. The number of fused-ring (bicyclic) bond motifs is 1. The molecule has 1 fully saturated rings. The summed E-state index contributed by atoms with van der Waals surface area (Å²) in [6.07, 6.45) is -6.95. The molecular formula is C25H26F2N5O9P. The Balaban J connectivity index is 1.44. The van der Waals surface area contributed by atoms with Crippen molar-refractivity contribution >= 4 is 24.8 Å². The van der Waals surface area contributed by atoms with Gasteiger partial charge in [-0.1, -0.05) is 0 Å². The molecule has 0 bridgehead atoms. The van der Waals surface area contributed by atoms with Crippen LogP contribution in [0.1, 0.15) is 6.23 Å². The number of nitrogens with zero attached hydrogens (tertiary/aromatic N) is 4. The maximum atomic E-state index is 14.7. The Kier molecular flexibility index (Phi) is 8.17. The molecule has 0 aliphatic carbocycles. The average molecular weight is 609 g/mol. The van der Waals surface area contributed by atoms with Gasteiger partial charge in [0.25, 0.3) is 6.43 Å². The number of nitrogens with two attached hydrogens (primary N) is 1. The van der Waals surface area contributed by atoms with E-state index in [2.05, 4.69) is 15.0 Å². The number of phosphoric acid groups is 1. The zero-order valence-electron chi connectivity index (χ0n) is 22.1. The SMILES string of the molecule is COc1ccc(OP(=O)(OC[C@@]2(C(F)F)O[C@@H](n3cnc4c(N)ncnc43)[C@H](O)[C@H]2O)Oc2ccc(OC)cc2)cc1. The lowest BCUT2D eigenvalue weighted by atomic mass is 9.96. The molecular weight excluding hydrogens is 583 g/mol. The van der Waals surface area contributed by atoms with Crippen LogP contribution in [0, 0.1) is 0 Å². The van der Waals surface area contributed by atoms with Crippen molar-refractivity contribution in [1.29, 1.82) is 0 Å². The topological polar surface area (TPSA) is 183 Å². The molecule has 1 saturated heterocycles. The predicted octanol–water partition coefficient (Wildman–Crippen LogP) is 2.96. The van der Waals surface area contributed by atoms with E-state index >= 15 is 0 Å². The predicted molar refractivity (Wildman–Crippen MR) is 141 cm³/mol. The number of hydrogen-bond donors (Lipinski definition) is 3. The molecule has 4 aromatic rings. The lowest BCUT2D eigenvalue weighted by molar-refractivity contribution is -0.192. The molecule has 3 heterocycles. The monoisotopic (exact) mass is 609 g/mol. The van der Waals surface area contributed by atoms with Crippen LogP contribution in [0.3, 0.4) is 0 Å². The van der Waals surface area contributed by atoms with Crippen molar-refractivity contribution < 1.29 is 51.3 Å². The van der Waals surface area contributed by atoms with Crippen molar-refractivity contribution in [2.45, 2.75) is 30.5 Å². The van der Waals surface area contributed by atoms with Gasteiger partial charge in [0.05, 0.1) is 27.2 Å². The highest BCUT2D eigenvalue weighted by Crippen LogP contribution is 2.52. The van der Waals surface area contributed by atoms with Gasteiger partial charge in [0.15, 0.2) is 23.3 Å². The lowest BCUT2D eigenvalue weighted by Crippen LogP contribution is -2.52. The Morgan fingerprint density at radius 1 is 0.976 bits per heavy atom. The summed E-state index contributed by atoms with van der Waals surface area (Å²) in [7, 11) is -1.86. The summed E-state index contributed by atoms with van der Waals surface area (Å²) < 4.78 is 76.5. The lowest BCUT2D eigenvalue weighted by Gasteiger charge is -2.31. The Bertz CT molecular complexity index is 1520. The molecule has 0 spiro atoms. The third-order valence-electron chi connectivity index (χ3n) is 6.49. The number of anilines is 1. The number of halogens is 2. The molecule has 1 aliphatic rings. The minimum Gasteiger partial charge on any atom is -0.497 e. The number of nitrogen functional groups attached to an aromatic ring is 1. The van der Waals surface area contributed by atoms with Crippen LogP contribution in [0.2, 0.25) is 0 Å². The van der Waals surface area contributed by atoms with E-state index in [1.54, 1.807) is 0 Å². The Labute approximate surface area is 237 Å². The highest BCUT2D eigenvalue weighted by molar-refractivity contribution is 7.49. The first-order chi connectivity index (χ1) is 20.1. The van der Waals surface area contributed by atoms with Gasteiger partial charge in [-0.3, -0.25) is 9.09 Å². The summed E-state index contributed by atoms with van der Waals surface area (Å²) in [5, 5.41) is 21.6. The van der Waals surface area contributed by atoms with E-state index in [0.29, 0.717) is 11.5 Å². The maximum absolute atomic E-state index is 14.7. The number of aromatic nitrogens is 4. The minimum atomic E-state index is -4.76. The van der Waals surface area contributed by atoms with Gasteiger partial charge in [-0.05, 0) is 48.5 Å². The molecule has 0 saturated carbocycles. The van der Waals surface area contributed by atoms with Crippen molar-refractivity contribution in [2.75, 3.05) is 26.6 Å². The van der Waals surface area contributed by atoms with Gasteiger partial charge in [0, 0.05) is 0 Å². The van der Waals surface area contributed by atoms with Crippen molar-refractivity contribution in [1.82, 2.24) is 19.5 Å². The van der Waals surface area contributed by atoms with Gasteiger partial charge < -0.3 is 39.2 Å². The fourth-order valence-electron chi connectivity index (χ4n) is 4.23. The third kappa shape index (κ3) is 5.54. The number of aliphatic hydroxyl groups excluding tert-OH is 2. The highest BCUT2D eigenvalue weighted by atomic mass is 31.2. The van der Waals surface area contributed by atoms with Gasteiger partial charge in [-0.15, -0.1) is 0 Å². The van der Waals surface area contributed by atoms with E-state index in [4.69, 9.17) is 33.5 Å². The maximum Gasteiger partial charge on any atom is 0.587 e. The van der Waals surface area contributed by atoms with E-state index in [9.17, 15) is 23.6 Å². The number of aliphatic hydroxyl groups is 2. The molecule has 224 valence electrons. The van der Waals surface area contributed by atoms with Crippen molar-refractivity contribution in [3.8, 4) is 23.0 Å². The zero-order chi connectivity index (χ0) is 30.1. The van der Waals surface area contributed by atoms with E-state index in [1.807, 2.05) is 0 Å². The fourth-order valence-corrected chi connectivity index (χ4v) is 5.49. The first-order valence-electron chi connectivity index (χ1n) is 12.3. The second-order valence-electron chi connectivity index (χ2n) is 9.04. The molecule has 4 atom stereocenters. The number of benzene rings is 2. The number of alkyl halides is 2. The Morgan fingerprint density at radius 3 is 2.05 bits per heavy atom. The van der Waals surface area contributed by atoms with Gasteiger partial charge in [-0.2, -0.15) is 0 Å². The van der Waals surface area contributed by atoms with Crippen LogP contribution in [-0.2, 0) is 13.8 Å². The smallest absolute Gasteiger partial charge is 0.497 e. The van der Waals surface area contributed by atoms with E-state index < -0.39 is 44.9 Å². The molecule has 0 unspecified atom stereocenters. The molecule has 2 aromatic carbocycles. The molecule has 5 rings (SSSR count). The standard InChI is InChI=1S/C25H26F2N5O9P/c1-36-14-3-7-16(8-4-14)40-42(35,41-17-9-5-15(37-2)6-10-17)38-11-25(24(26)27)20(34)19(33)23(39-25)32-13-31-18-21(28)29-12-30-22(18)32/h3-10,12-13,19-20,23-24,33-34H,11H2,1-2H3,(H2,28,29,30)/t19-,20-,23-,25-/m1/s1. The van der Waals surface area contributed by atoms with Crippen LogP contribution in [-0.4, -0.2) is 74.8 Å². The van der Waals surface area contributed by atoms with Crippen LogP contribution in [0.4, 0.5) is 14.6 Å². The summed E-state index contributed by atoms with van der Waals surface area (Å²) >= 11 is 0. The largest absolute Gasteiger partial charge is 0.587 e. The quantitative estimate of drug-likeness (QED) is 0.211. The van der Waals surface area contributed by atoms with Crippen LogP contribution < -0.4 is 24.3 Å². The first kappa shape index (κ1) is 29.4. The number of methoxy groups -OCH3 is 2. The molecule has 42 heavy (non-hydrogen) atoms. The summed E-state index contributed by atoms with van der Waals surface area (Å²) in [4.78, 5) is 11.9. The third-order valence-corrected chi connectivity index (χ3v) is 7.80. The van der Waals surface area contributed by atoms with Gasteiger partial charge in [-0.25, -0.2) is 28.3 Å². The average Bonchev–Trinajstić information content (AvgIpc) is 3.53. The number of hydrogen-bond acceptors (Lipinski definition) is 13. The van der Waals surface area contributed by atoms with Gasteiger partial charge in [0.2, 0.25) is 0 Å². The number of ether oxygens (including phenoxy) is 3.